The Kier molecular flexibility index (Phi) is 6.81. The van der Waals surface area contributed by atoms with Crippen LogP contribution in [0.3, 0.4) is 0 Å². The Morgan fingerprint density at radius 1 is 1.56 bits per heavy atom. The third-order valence-electron chi connectivity index (χ3n) is 3.83. The lowest BCUT2D eigenvalue weighted by Crippen LogP contribution is -2.37. The molecule has 1 aromatic heterocycles. The fraction of sp³-hybridized carbons (Fsp3) is 0.529. The van der Waals surface area contributed by atoms with Crippen LogP contribution in [0.25, 0.3) is 0 Å². The van der Waals surface area contributed by atoms with Gasteiger partial charge >= 0.3 is 5.63 Å². The molecule has 8 heteroatoms. The summed E-state index contributed by atoms with van der Waals surface area (Å²) < 4.78 is 10.4. The number of amides is 1. The van der Waals surface area contributed by atoms with Crippen molar-refractivity contribution >= 4 is 28.4 Å². The molecule has 1 amide bonds. The lowest BCUT2D eigenvalue weighted by Gasteiger charge is -2.18. The molecule has 2 rings (SSSR count). The molecule has 0 radical (unpaired) electrons. The number of hydrogen-bond donors (Lipinski definition) is 1. The second kappa shape index (κ2) is 8.84. The van der Waals surface area contributed by atoms with Crippen molar-refractivity contribution in [1.82, 2.24) is 5.32 Å². The van der Waals surface area contributed by atoms with Crippen LogP contribution in [0.5, 0.6) is 5.75 Å². The van der Waals surface area contributed by atoms with Crippen molar-refractivity contribution in [2.24, 2.45) is 9.98 Å². The summed E-state index contributed by atoms with van der Waals surface area (Å²) in [4.78, 5) is 32.8. The molecule has 25 heavy (non-hydrogen) atoms. The van der Waals surface area contributed by atoms with Gasteiger partial charge in [-0.1, -0.05) is 13.3 Å². The standard InChI is InChI=1S/C17H23N3O4S/c1-5-6-12(14-7-11(23-4)8-15(21)24-14)19-16(22)13-9-25-17(20-13)10(2)18-3/h7-8,12-13H,5-6,9H2,1-4H3,(H,19,22)/t12-,13+/m1/s1. The first-order chi connectivity index (χ1) is 12.0. The van der Waals surface area contributed by atoms with Gasteiger partial charge in [-0.25, -0.2) is 4.79 Å². The Bertz CT molecular complexity index is 742. The first-order valence-electron chi connectivity index (χ1n) is 8.12. The van der Waals surface area contributed by atoms with E-state index in [2.05, 4.69) is 15.3 Å². The molecule has 0 bridgehead atoms. The second-order valence-corrected chi connectivity index (χ2v) is 6.65. The molecule has 0 unspecified atom stereocenters. The first kappa shape index (κ1) is 19.2. The highest BCUT2D eigenvalue weighted by molar-refractivity contribution is 8.16. The summed E-state index contributed by atoms with van der Waals surface area (Å²) in [6, 6.07) is 2.04. The molecule has 0 saturated heterocycles. The molecular weight excluding hydrogens is 342 g/mol. The predicted molar refractivity (Wildman–Crippen MR) is 100 cm³/mol. The molecule has 1 N–H and O–H groups in total. The highest BCUT2D eigenvalue weighted by atomic mass is 32.2. The summed E-state index contributed by atoms with van der Waals surface area (Å²) >= 11 is 1.52. The summed E-state index contributed by atoms with van der Waals surface area (Å²) in [5.41, 5.74) is 0.320. The Balaban J connectivity index is 2.17. The monoisotopic (exact) mass is 365 g/mol. The van der Waals surface area contributed by atoms with E-state index < -0.39 is 17.7 Å². The van der Waals surface area contributed by atoms with Crippen LogP contribution in [0.2, 0.25) is 0 Å². The fourth-order valence-electron chi connectivity index (χ4n) is 2.41. The van der Waals surface area contributed by atoms with Crippen LogP contribution in [0.15, 0.2) is 31.3 Å². The highest BCUT2D eigenvalue weighted by Crippen LogP contribution is 2.24. The van der Waals surface area contributed by atoms with Crippen molar-refractivity contribution in [2.45, 2.75) is 38.8 Å². The zero-order valence-corrected chi connectivity index (χ0v) is 15.7. The van der Waals surface area contributed by atoms with Crippen molar-refractivity contribution in [2.75, 3.05) is 19.9 Å². The van der Waals surface area contributed by atoms with Crippen LogP contribution in [-0.4, -0.2) is 42.6 Å². The molecule has 7 nitrogen and oxygen atoms in total. The lowest BCUT2D eigenvalue weighted by molar-refractivity contribution is -0.122. The van der Waals surface area contributed by atoms with Crippen molar-refractivity contribution in [1.29, 1.82) is 0 Å². The Morgan fingerprint density at radius 3 is 2.96 bits per heavy atom. The van der Waals surface area contributed by atoms with Crippen LogP contribution in [-0.2, 0) is 4.79 Å². The Labute approximate surface area is 151 Å². The van der Waals surface area contributed by atoms with Crippen LogP contribution in [0.4, 0.5) is 0 Å². The van der Waals surface area contributed by atoms with E-state index in [1.54, 1.807) is 13.1 Å². The van der Waals surface area contributed by atoms with E-state index in [9.17, 15) is 9.59 Å². The first-order valence-corrected chi connectivity index (χ1v) is 9.10. The quantitative estimate of drug-likeness (QED) is 0.748. The molecule has 0 aliphatic carbocycles. The number of nitrogens with one attached hydrogen (secondary N) is 1. The molecule has 1 aliphatic rings. The number of carbonyl (C=O) groups is 1. The van der Waals surface area contributed by atoms with E-state index >= 15 is 0 Å². The minimum atomic E-state index is -0.504. The van der Waals surface area contributed by atoms with E-state index in [0.29, 0.717) is 23.7 Å². The number of rotatable bonds is 7. The predicted octanol–water partition coefficient (Wildman–Crippen LogP) is 2.21. The molecule has 2 heterocycles. The zero-order chi connectivity index (χ0) is 18.4. The minimum Gasteiger partial charge on any atom is -0.496 e. The van der Waals surface area contributed by atoms with Crippen LogP contribution in [0.1, 0.15) is 38.5 Å². The maximum atomic E-state index is 12.6. The molecule has 0 spiro atoms. The van der Waals surface area contributed by atoms with Gasteiger partial charge in [-0.3, -0.25) is 14.8 Å². The Morgan fingerprint density at radius 2 is 2.32 bits per heavy atom. The lowest BCUT2D eigenvalue weighted by atomic mass is 10.1. The summed E-state index contributed by atoms with van der Waals surface area (Å²) in [6.07, 6.45) is 1.47. The molecular formula is C17H23N3O4S. The largest absolute Gasteiger partial charge is 0.496 e. The van der Waals surface area contributed by atoms with Gasteiger partial charge in [-0.15, -0.1) is 11.8 Å². The molecule has 0 saturated carbocycles. The summed E-state index contributed by atoms with van der Waals surface area (Å²) in [6.45, 7) is 3.87. The van der Waals surface area contributed by atoms with Crippen molar-refractivity contribution in [3.8, 4) is 5.75 Å². The number of hydrogen-bond acceptors (Lipinski definition) is 7. The summed E-state index contributed by atoms with van der Waals surface area (Å²) in [5.74, 6) is 1.19. The third kappa shape index (κ3) is 4.94. The second-order valence-electron chi connectivity index (χ2n) is 5.64. The van der Waals surface area contributed by atoms with Crippen LogP contribution < -0.4 is 15.7 Å². The van der Waals surface area contributed by atoms with Gasteiger partial charge in [0, 0.05) is 18.9 Å². The minimum absolute atomic E-state index is 0.185. The molecule has 1 aromatic rings. The van der Waals surface area contributed by atoms with Gasteiger partial charge in [0.25, 0.3) is 0 Å². The van der Waals surface area contributed by atoms with Gasteiger partial charge < -0.3 is 14.5 Å². The van der Waals surface area contributed by atoms with Crippen molar-refractivity contribution in [3.05, 3.63) is 28.3 Å². The third-order valence-corrected chi connectivity index (χ3v) is 4.99. The van der Waals surface area contributed by atoms with Gasteiger partial charge in [0.05, 0.1) is 24.9 Å². The topological polar surface area (TPSA) is 93.3 Å². The highest BCUT2D eigenvalue weighted by Gasteiger charge is 2.28. The number of methoxy groups -OCH3 is 1. The molecule has 136 valence electrons. The molecule has 0 aromatic carbocycles. The van der Waals surface area contributed by atoms with E-state index in [0.717, 1.165) is 17.2 Å². The SMILES string of the molecule is CCC[C@@H](NC(=O)[C@@H]1CSC(C(C)=NC)=N1)c1cc(OC)cc(=O)o1. The number of aliphatic imine (C=N–C) groups is 2. The molecule has 0 fully saturated rings. The van der Waals surface area contributed by atoms with E-state index in [1.165, 1.54) is 24.9 Å². The summed E-state index contributed by atoms with van der Waals surface area (Å²) in [7, 11) is 3.18. The van der Waals surface area contributed by atoms with E-state index in [1.807, 2.05) is 13.8 Å². The fourth-order valence-corrected chi connectivity index (χ4v) is 3.45. The maximum Gasteiger partial charge on any atom is 0.339 e. The summed E-state index contributed by atoms with van der Waals surface area (Å²) in [5, 5.41) is 3.74. The number of ether oxygens (including phenoxy) is 1. The smallest absolute Gasteiger partial charge is 0.339 e. The van der Waals surface area contributed by atoms with Crippen LogP contribution in [0, 0.1) is 0 Å². The van der Waals surface area contributed by atoms with Crippen molar-refractivity contribution < 1.29 is 13.9 Å². The van der Waals surface area contributed by atoms with Gasteiger partial charge in [0.15, 0.2) is 0 Å². The van der Waals surface area contributed by atoms with E-state index in [-0.39, 0.29) is 5.91 Å². The average Bonchev–Trinajstić information content (AvgIpc) is 3.10. The van der Waals surface area contributed by atoms with E-state index in [4.69, 9.17) is 9.15 Å². The van der Waals surface area contributed by atoms with Crippen LogP contribution >= 0.6 is 11.8 Å². The molecule has 1 aliphatic heterocycles. The van der Waals surface area contributed by atoms with Crippen molar-refractivity contribution in [3.63, 3.8) is 0 Å². The normalized spacial score (nSPS) is 18.6. The zero-order valence-electron chi connectivity index (χ0n) is 14.9. The number of nitrogens with zero attached hydrogens (tertiary/aromatic N) is 2. The number of thioether (sulfide) groups is 1. The van der Waals surface area contributed by atoms with Gasteiger partial charge in [0.1, 0.15) is 22.6 Å². The average molecular weight is 365 g/mol. The molecule has 2 atom stereocenters. The van der Waals surface area contributed by atoms with Gasteiger partial charge in [-0.05, 0) is 13.3 Å². The Hall–Kier alpha value is -2.09. The number of carbonyl (C=O) groups excluding carboxylic acids is 1. The van der Waals surface area contributed by atoms with Gasteiger partial charge in [0.2, 0.25) is 5.91 Å². The van der Waals surface area contributed by atoms with Gasteiger partial charge in [-0.2, -0.15) is 0 Å². The maximum absolute atomic E-state index is 12.6.